The van der Waals surface area contributed by atoms with Crippen LogP contribution < -0.4 is 11.1 Å². The third-order valence-electron chi connectivity index (χ3n) is 2.12. The molecular formula is C11H15IN2O2S. The lowest BCUT2D eigenvalue weighted by atomic mass is 10.2. The van der Waals surface area contributed by atoms with E-state index in [1.165, 1.54) is 0 Å². The molecule has 0 radical (unpaired) electrons. The predicted octanol–water partition coefficient (Wildman–Crippen LogP) is 1.37. The molecular weight excluding hydrogens is 351 g/mol. The molecule has 1 amide bonds. The van der Waals surface area contributed by atoms with Crippen LogP contribution in [0.1, 0.15) is 17.3 Å². The Balaban J connectivity index is 2.55. The number of hydrogen-bond acceptors (Lipinski definition) is 3. The van der Waals surface area contributed by atoms with Crippen LogP contribution >= 0.6 is 22.6 Å². The molecule has 0 aliphatic rings. The molecule has 94 valence electrons. The number of anilines is 1. The zero-order valence-corrected chi connectivity index (χ0v) is 12.5. The number of hydrogen-bond donors (Lipinski definition) is 2. The summed E-state index contributed by atoms with van der Waals surface area (Å²) in [6, 6.07) is 5.20. The summed E-state index contributed by atoms with van der Waals surface area (Å²) in [7, 11) is -0.849. The number of carbonyl (C=O) groups excluding carboxylic acids is 1. The van der Waals surface area contributed by atoms with Crippen LogP contribution in [0.2, 0.25) is 0 Å². The molecule has 4 nitrogen and oxygen atoms in total. The quantitative estimate of drug-likeness (QED) is 0.611. The molecule has 1 atom stereocenters. The van der Waals surface area contributed by atoms with E-state index in [4.69, 9.17) is 5.73 Å². The van der Waals surface area contributed by atoms with E-state index >= 15 is 0 Å². The molecule has 0 aromatic heterocycles. The number of amides is 1. The highest BCUT2D eigenvalue weighted by Gasteiger charge is 2.07. The largest absolute Gasteiger partial charge is 0.399 e. The molecule has 0 aliphatic carbocycles. The summed E-state index contributed by atoms with van der Waals surface area (Å²) in [5.74, 6) is 0.927. The lowest BCUT2D eigenvalue weighted by molar-refractivity contribution is 0.0956. The normalized spacial score (nSPS) is 12.1. The first-order chi connectivity index (χ1) is 8.02. The van der Waals surface area contributed by atoms with E-state index in [9.17, 15) is 9.00 Å². The smallest absolute Gasteiger partial charge is 0.251 e. The number of benzene rings is 1. The van der Waals surface area contributed by atoms with Gasteiger partial charge in [0, 0.05) is 43.7 Å². The van der Waals surface area contributed by atoms with Gasteiger partial charge in [-0.15, -0.1) is 0 Å². The zero-order chi connectivity index (χ0) is 12.8. The lowest BCUT2D eigenvalue weighted by Crippen LogP contribution is -2.28. The van der Waals surface area contributed by atoms with Crippen molar-refractivity contribution in [3.8, 4) is 0 Å². The highest BCUT2D eigenvalue weighted by atomic mass is 127. The molecule has 6 heteroatoms. The van der Waals surface area contributed by atoms with Crippen LogP contribution in [0.5, 0.6) is 0 Å². The average Bonchev–Trinajstić information content (AvgIpc) is 2.27. The van der Waals surface area contributed by atoms with Crippen LogP contribution in [0, 0.1) is 3.57 Å². The van der Waals surface area contributed by atoms with Crippen molar-refractivity contribution in [1.82, 2.24) is 5.32 Å². The maximum Gasteiger partial charge on any atom is 0.251 e. The molecule has 17 heavy (non-hydrogen) atoms. The Morgan fingerprint density at radius 2 is 2.18 bits per heavy atom. The second kappa shape index (κ2) is 6.95. The van der Waals surface area contributed by atoms with Crippen molar-refractivity contribution in [1.29, 1.82) is 0 Å². The first kappa shape index (κ1) is 14.4. The van der Waals surface area contributed by atoms with Crippen molar-refractivity contribution >= 4 is 45.0 Å². The van der Waals surface area contributed by atoms with Gasteiger partial charge in [0.05, 0.1) is 0 Å². The van der Waals surface area contributed by atoms with Gasteiger partial charge in [-0.05, 0) is 40.8 Å². The zero-order valence-electron chi connectivity index (χ0n) is 9.53. The third-order valence-corrected chi connectivity index (χ3v) is 4.05. The Morgan fingerprint density at radius 3 is 2.76 bits per heavy atom. The van der Waals surface area contributed by atoms with E-state index in [1.54, 1.807) is 18.2 Å². The van der Waals surface area contributed by atoms with Gasteiger partial charge in [0.15, 0.2) is 0 Å². The first-order valence-electron chi connectivity index (χ1n) is 5.22. The molecule has 1 aromatic rings. The molecule has 0 bridgehead atoms. The van der Waals surface area contributed by atoms with Crippen molar-refractivity contribution in [3.05, 3.63) is 27.3 Å². The average molecular weight is 366 g/mol. The van der Waals surface area contributed by atoms with Crippen molar-refractivity contribution in [3.63, 3.8) is 0 Å². The molecule has 1 aromatic carbocycles. The van der Waals surface area contributed by atoms with Gasteiger partial charge in [-0.1, -0.05) is 6.92 Å². The highest BCUT2D eigenvalue weighted by Crippen LogP contribution is 2.13. The molecule has 0 spiro atoms. The van der Waals surface area contributed by atoms with E-state index in [1.807, 2.05) is 6.92 Å². The molecule has 0 saturated heterocycles. The number of nitrogens with one attached hydrogen (secondary N) is 1. The summed E-state index contributed by atoms with van der Waals surface area (Å²) in [6.45, 7) is 2.28. The van der Waals surface area contributed by atoms with E-state index in [-0.39, 0.29) is 5.91 Å². The number of carbonyl (C=O) groups is 1. The van der Waals surface area contributed by atoms with E-state index in [0.29, 0.717) is 29.3 Å². The Bertz CT molecular complexity index is 417. The molecule has 0 aliphatic heterocycles. The Morgan fingerprint density at radius 1 is 1.47 bits per heavy atom. The van der Waals surface area contributed by atoms with Crippen LogP contribution in [-0.4, -0.2) is 28.2 Å². The van der Waals surface area contributed by atoms with Gasteiger partial charge in [0.2, 0.25) is 0 Å². The minimum absolute atomic E-state index is 0.177. The second-order valence-electron chi connectivity index (χ2n) is 3.46. The van der Waals surface area contributed by atoms with Crippen molar-refractivity contribution in [2.75, 3.05) is 23.8 Å². The summed E-state index contributed by atoms with van der Waals surface area (Å²) in [5.41, 5.74) is 6.77. The van der Waals surface area contributed by atoms with Gasteiger partial charge in [-0.25, -0.2) is 0 Å². The second-order valence-corrected chi connectivity index (χ2v) is 6.57. The monoisotopic (exact) mass is 366 g/mol. The summed E-state index contributed by atoms with van der Waals surface area (Å²) < 4.78 is 12.1. The molecule has 1 unspecified atom stereocenters. The summed E-state index contributed by atoms with van der Waals surface area (Å²) in [4.78, 5) is 11.7. The maximum absolute atomic E-state index is 11.7. The van der Waals surface area contributed by atoms with Crippen molar-refractivity contribution < 1.29 is 9.00 Å². The summed E-state index contributed by atoms with van der Waals surface area (Å²) in [6.07, 6.45) is 0. The molecule has 0 fully saturated rings. The standard InChI is InChI=1S/C11H15IN2O2S/c1-2-17(16)4-3-14-11(15)8-5-9(12)7-10(13)6-8/h5-7H,2-4,13H2,1H3,(H,14,15). The molecule has 0 heterocycles. The van der Waals surface area contributed by atoms with Gasteiger partial charge in [-0.2, -0.15) is 0 Å². The first-order valence-corrected chi connectivity index (χ1v) is 7.79. The van der Waals surface area contributed by atoms with Crippen LogP contribution in [0.3, 0.4) is 0 Å². The number of halogens is 1. The van der Waals surface area contributed by atoms with Crippen molar-refractivity contribution in [2.45, 2.75) is 6.92 Å². The highest BCUT2D eigenvalue weighted by molar-refractivity contribution is 14.1. The van der Waals surface area contributed by atoms with Crippen LogP contribution in [0.15, 0.2) is 18.2 Å². The summed E-state index contributed by atoms with van der Waals surface area (Å²) in [5, 5.41) is 2.73. The lowest BCUT2D eigenvalue weighted by Gasteiger charge is -2.06. The number of rotatable bonds is 5. The van der Waals surface area contributed by atoms with Crippen LogP contribution in [0.4, 0.5) is 5.69 Å². The van der Waals surface area contributed by atoms with E-state index in [0.717, 1.165) is 3.57 Å². The Hall–Kier alpha value is -0.630. The van der Waals surface area contributed by atoms with E-state index < -0.39 is 10.8 Å². The number of nitrogen functional groups attached to an aromatic ring is 1. The van der Waals surface area contributed by atoms with Gasteiger partial charge in [0.1, 0.15) is 0 Å². The fourth-order valence-corrected chi connectivity index (χ4v) is 2.58. The molecule has 0 saturated carbocycles. The van der Waals surface area contributed by atoms with Gasteiger partial charge >= 0.3 is 0 Å². The predicted molar refractivity (Wildman–Crippen MR) is 79.5 cm³/mol. The van der Waals surface area contributed by atoms with Gasteiger partial charge < -0.3 is 11.1 Å². The minimum Gasteiger partial charge on any atom is -0.399 e. The minimum atomic E-state index is -0.849. The molecule has 1 rings (SSSR count). The fraction of sp³-hybridized carbons (Fsp3) is 0.364. The number of nitrogens with two attached hydrogens (primary N) is 1. The Labute approximate surface area is 117 Å². The van der Waals surface area contributed by atoms with Gasteiger partial charge in [0.25, 0.3) is 5.91 Å². The third kappa shape index (κ3) is 5.03. The maximum atomic E-state index is 11.7. The van der Waals surface area contributed by atoms with Gasteiger partial charge in [-0.3, -0.25) is 9.00 Å². The molecule has 3 N–H and O–H groups in total. The van der Waals surface area contributed by atoms with Crippen LogP contribution in [-0.2, 0) is 10.8 Å². The Kier molecular flexibility index (Phi) is 5.90. The SMILES string of the molecule is CCS(=O)CCNC(=O)c1cc(N)cc(I)c1. The fourth-order valence-electron chi connectivity index (χ4n) is 1.27. The van der Waals surface area contributed by atoms with Crippen LogP contribution in [0.25, 0.3) is 0 Å². The van der Waals surface area contributed by atoms with Crippen molar-refractivity contribution in [2.24, 2.45) is 0 Å². The topological polar surface area (TPSA) is 72.2 Å². The van der Waals surface area contributed by atoms with E-state index in [2.05, 4.69) is 27.9 Å². The summed E-state index contributed by atoms with van der Waals surface area (Å²) >= 11 is 2.11.